The lowest BCUT2D eigenvalue weighted by Crippen LogP contribution is -2.45. The maximum Gasteiger partial charge on any atom is 0.276 e. The van der Waals surface area contributed by atoms with E-state index in [2.05, 4.69) is 16.2 Å². The number of nitrogens with one attached hydrogen (secondary N) is 3. The fraction of sp³-hybridized carbons (Fsp3) is 0.0667. The van der Waals surface area contributed by atoms with Crippen LogP contribution in [-0.2, 0) is 4.79 Å². The molecule has 0 fully saturated rings. The van der Waals surface area contributed by atoms with Crippen LogP contribution in [0.5, 0.6) is 5.75 Å². The molecule has 0 spiro atoms. The third-order valence-corrected chi connectivity index (χ3v) is 3.06. The number of hydrazine groups is 1. The molecule has 2 rings (SSSR count). The monoisotopic (exact) mass is 353 g/mol. The molecular weight excluding hydrogens is 341 g/mol. The minimum absolute atomic E-state index is 0.211. The summed E-state index contributed by atoms with van der Waals surface area (Å²) in [6.07, 6.45) is 0. The van der Waals surface area contributed by atoms with E-state index in [0.29, 0.717) is 10.8 Å². The van der Waals surface area contributed by atoms with Crippen LogP contribution in [0.15, 0.2) is 48.5 Å². The zero-order valence-corrected chi connectivity index (χ0v) is 13.4. The van der Waals surface area contributed by atoms with Crippen LogP contribution >= 0.6 is 23.8 Å². The predicted molar refractivity (Wildman–Crippen MR) is 90.8 cm³/mol. The van der Waals surface area contributed by atoms with Gasteiger partial charge in [-0.05, 0) is 60.7 Å². The van der Waals surface area contributed by atoms with Crippen LogP contribution in [0.1, 0.15) is 0 Å². The quantitative estimate of drug-likeness (QED) is 0.583. The summed E-state index contributed by atoms with van der Waals surface area (Å²) in [7, 11) is 0. The number of halogens is 2. The SMILES string of the molecule is O=C(COc1ccc(F)cc1)NNC(=S)Nc1ccc(Cl)cc1. The molecule has 0 saturated heterocycles. The minimum atomic E-state index is -0.436. The van der Waals surface area contributed by atoms with Crippen molar-refractivity contribution < 1.29 is 13.9 Å². The highest BCUT2D eigenvalue weighted by Gasteiger charge is 2.04. The van der Waals surface area contributed by atoms with Gasteiger partial charge in [-0.2, -0.15) is 0 Å². The Labute approximate surface area is 142 Å². The Morgan fingerprint density at radius 1 is 1.09 bits per heavy atom. The van der Waals surface area contributed by atoms with E-state index in [4.69, 9.17) is 28.6 Å². The Hall–Kier alpha value is -2.38. The van der Waals surface area contributed by atoms with Crippen LogP contribution < -0.4 is 20.9 Å². The second-order valence-electron chi connectivity index (χ2n) is 4.38. The highest BCUT2D eigenvalue weighted by atomic mass is 35.5. The summed E-state index contributed by atoms with van der Waals surface area (Å²) < 4.78 is 17.9. The molecule has 0 saturated carbocycles. The van der Waals surface area contributed by atoms with Crippen LogP contribution in [0.4, 0.5) is 10.1 Å². The molecule has 120 valence electrons. The lowest BCUT2D eigenvalue weighted by atomic mass is 10.3. The van der Waals surface area contributed by atoms with E-state index in [1.54, 1.807) is 24.3 Å². The van der Waals surface area contributed by atoms with Crippen LogP contribution in [-0.4, -0.2) is 17.6 Å². The van der Waals surface area contributed by atoms with Crippen molar-refractivity contribution in [2.45, 2.75) is 0 Å². The maximum atomic E-state index is 12.7. The van der Waals surface area contributed by atoms with Crippen LogP contribution in [0.2, 0.25) is 5.02 Å². The summed E-state index contributed by atoms with van der Waals surface area (Å²) in [6, 6.07) is 12.3. The number of thiocarbonyl (C=S) groups is 1. The van der Waals surface area contributed by atoms with Gasteiger partial charge in [0.25, 0.3) is 5.91 Å². The first-order chi connectivity index (χ1) is 11.0. The van der Waals surface area contributed by atoms with Crippen molar-refractivity contribution in [1.82, 2.24) is 10.9 Å². The molecule has 23 heavy (non-hydrogen) atoms. The number of benzene rings is 2. The van der Waals surface area contributed by atoms with Crippen molar-refractivity contribution in [2.24, 2.45) is 0 Å². The molecule has 0 aliphatic rings. The molecule has 0 radical (unpaired) electrons. The van der Waals surface area contributed by atoms with Crippen molar-refractivity contribution in [3.05, 3.63) is 59.4 Å². The third kappa shape index (κ3) is 6.09. The lowest BCUT2D eigenvalue weighted by Gasteiger charge is -2.12. The molecule has 0 bridgehead atoms. The van der Waals surface area contributed by atoms with Gasteiger partial charge in [0, 0.05) is 10.7 Å². The van der Waals surface area contributed by atoms with Gasteiger partial charge in [0.15, 0.2) is 11.7 Å². The third-order valence-electron chi connectivity index (χ3n) is 2.60. The van der Waals surface area contributed by atoms with Crippen molar-refractivity contribution in [3.63, 3.8) is 0 Å². The molecule has 2 aromatic carbocycles. The standard InChI is InChI=1S/C15H13ClFN3O2S/c16-10-1-5-12(6-2-10)18-15(23)20-19-14(21)9-22-13-7-3-11(17)4-8-13/h1-8H,9H2,(H,19,21)(H2,18,20,23). The maximum absolute atomic E-state index is 12.7. The highest BCUT2D eigenvalue weighted by Crippen LogP contribution is 2.13. The molecule has 0 aliphatic carbocycles. The second kappa shape index (κ2) is 8.30. The zero-order chi connectivity index (χ0) is 16.7. The number of ether oxygens (including phenoxy) is 1. The molecule has 1 amide bonds. The van der Waals surface area contributed by atoms with E-state index in [0.717, 1.165) is 5.69 Å². The van der Waals surface area contributed by atoms with Crippen molar-refractivity contribution in [1.29, 1.82) is 0 Å². The number of carbonyl (C=O) groups is 1. The van der Waals surface area contributed by atoms with Gasteiger partial charge >= 0.3 is 0 Å². The number of rotatable bonds is 4. The lowest BCUT2D eigenvalue weighted by molar-refractivity contribution is -0.123. The number of amides is 1. The molecule has 8 heteroatoms. The largest absolute Gasteiger partial charge is 0.484 e. The number of carbonyl (C=O) groups excluding carboxylic acids is 1. The van der Waals surface area contributed by atoms with E-state index in [1.165, 1.54) is 24.3 Å². The Morgan fingerprint density at radius 3 is 2.39 bits per heavy atom. The van der Waals surface area contributed by atoms with E-state index >= 15 is 0 Å². The highest BCUT2D eigenvalue weighted by molar-refractivity contribution is 7.80. The molecule has 2 aromatic rings. The Bertz CT molecular complexity index is 680. The first-order valence-corrected chi connectivity index (χ1v) is 7.31. The number of hydrogen-bond acceptors (Lipinski definition) is 3. The Balaban J connectivity index is 1.70. The van der Waals surface area contributed by atoms with E-state index < -0.39 is 5.91 Å². The summed E-state index contributed by atoms with van der Waals surface area (Å²) in [6.45, 7) is -0.234. The summed E-state index contributed by atoms with van der Waals surface area (Å²) in [5, 5.41) is 3.69. The molecule has 3 N–H and O–H groups in total. The molecule has 5 nitrogen and oxygen atoms in total. The summed E-state index contributed by atoms with van der Waals surface area (Å²) >= 11 is 10.8. The number of hydrogen-bond donors (Lipinski definition) is 3. The van der Waals surface area contributed by atoms with E-state index in [9.17, 15) is 9.18 Å². The average molecular weight is 354 g/mol. The van der Waals surface area contributed by atoms with Crippen LogP contribution in [0.3, 0.4) is 0 Å². The van der Waals surface area contributed by atoms with E-state index in [1.807, 2.05) is 0 Å². The molecule has 0 unspecified atom stereocenters. The van der Waals surface area contributed by atoms with Gasteiger partial charge in [0.2, 0.25) is 0 Å². The van der Waals surface area contributed by atoms with Crippen molar-refractivity contribution >= 4 is 40.5 Å². The van der Waals surface area contributed by atoms with Gasteiger partial charge in [-0.3, -0.25) is 15.6 Å². The normalized spacial score (nSPS) is 9.83. The van der Waals surface area contributed by atoms with Crippen LogP contribution in [0.25, 0.3) is 0 Å². The molecule has 0 aliphatic heterocycles. The fourth-order valence-corrected chi connectivity index (χ4v) is 1.83. The van der Waals surface area contributed by atoms with Gasteiger partial charge < -0.3 is 10.1 Å². The molecule has 0 atom stereocenters. The Morgan fingerprint density at radius 2 is 1.74 bits per heavy atom. The van der Waals surface area contributed by atoms with Crippen molar-refractivity contribution in [2.75, 3.05) is 11.9 Å². The first-order valence-electron chi connectivity index (χ1n) is 6.53. The predicted octanol–water partition coefficient (Wildman–Crippen LogP) is 2.88. The van der Waals surface area contributed by atoms with Crippen molar-refractivity contribution in [3.8, 4) is 5.75 Å². The second-order valence-corrected chi connectivity index (χ2v) is 5.22. The van der Waals surface area contributed by atoms with Gasteiger partial charge in [-0.25, -0.2) is 4.39 Å². The smallest absolute Gasteiger partial charge is 0.276 e. The zero-order valence-electron chi connectivity index (χ0n) is 11.8. The van der Waals surface area contributed by atoms with Gasteiger partial charge in [0.05, 0.1) is 0 Å². The first kappa shape index (κ1) is 17.0. The van der Waals surface area contributed by atoms with E-state index in [-0.39, 0.29) is 17.5 Å². The Kier molecular flexibility index (Phi) is 6.13. The average Bonchev–Trinajstić information content (AvgIpc) is 2.54. The summed E-state index contributed by atoms with van der Waals surface area (Å²) in [4.78, 5) is 11.6. The minimum Gasteiger partial charge on any atom is -0.484 e. The van der Waals surface area contributed by atoms with Gasteiger partial charge in [-0.15, -0.1) is 0 Å². The molecular formula is C15H13ClFN3O2S. The molecule has 0 aromatic heterocycles. The summed E-state index contributed by atoms with van der Waals surface area (Å²) in [5.41, 5.74) is 5.64. The molecule has 0 heterocycles. The van der Waals surface area contributed by atoms with Gasteiger partial charge in [0.1, 0.15) is 11.6 Å². The number of anilines is 1. The fourth-order valence-electron chi connectivity index (χ4n) is 1.54. The summed E-state index contributed by atoms with van der Waals surface area (Å²) in [5.74, 6) is -0.417. The van der Waals surface area contributed by atoms with Gasteiger partial charge in [-0.1, -0.05) is 11.6 Å². The topological polar surface area (TPSA) is 62.4 Å². The van der Waals surface area contributed by atoms with Crippen LogP contribution in [0, 0.1) is 5.82 Å².